The summed E-state index contributed by atoms with van der Waals surface area (Å²) >= 11 is 0. The SMILES string of the molecule is Cc1nc(-c2ccccc2)c(C2=CCCCC2)o1. The molecule has 0 aliphatic heterocycles. The minimum absolute atomic E-state index is 0.746. The molecule has 0 N–H and O–H groups in total. The molecule has 1 aromatic carbocycles. The molecule has 0 fully saturated rings. The van der Waals surface area contributed by atoms with Crippen molar-refractivity contribution < 1.29 is 4.42 Å². The fraction of sp³-hybridized carbons (Fsp3) is 0.312. The Morgan fingerprint density at radius 1 is 1.11 bits per heavy atom. The maximum Gasteiger partial charge on any atom is 0.192 e. The molecule has 18 heavy (non-hydrogen) atoms. The summed E-state index contributed by atoms with van der Waals surface area (Å²) in [6.45, 7) is 1.92. The van der Waals surface area contributed by atoms with Crippen molar-refractivity contribution in [1.29, 1.82) is 0 Å². The molecule has 1 aromatic heterocycles. The Balaban J connectivity index is 2.08. The second-order valence-electron chi connectivity index (χ2n) is 4.75. The molecular formula is C16H17NO. The van der Waals surface area contributed by atoms with Gasteiger partial charge in [-0.3, -0.25) is 0 Å². The Labute approximate surface area is 107 Å². The summed E-state index contributed by atoms with van der Waals surface area (Å²) in [6, 6.07) is 10.3. The van der Waals surface area contributed by atoms with Crippen molar-refractivity contribution in [2.24, 2.45) is 0 Å². The van der Waals surface area contributed by atoms with E-state index >= 15 is 0 Å². The van der Waals surface area contributed by atoms with Crippen LogP contribution in [0, 0.1) is 6.92 Å². The third kappa shape index (κ3) is 2.10. The Morgan fingerprint density at radius 2 is 1.94 bits per heavy atom. The number of nitrogens with zero attached hydrogens (tertiary/aromatic N) is 1. The fourth-order valence-electron chi connectivity index (χ4n) is 2.48. The average Bonchev–Trinajstić information content (AvgIpc) is 2.83. The number of aromatic nitrogens is 1. The van der Waals surface area contributed by atoms with Gasteiger partial charge in [0.1, 0.15) is 5.69 Å². The van der Waals surface area contributed by atoms with Crippen molar-refractivity contribution >= 4 is 5.57 Å². The summed E-state index contributed by atoms with van der Waals surface area (Å²) in [6.07, 6.45) is 7.10. The Morgan fingerprint density at radius 3 is 2.67 bits per heavy atom. The molecule has 0 saturated carbocycles. The summed E-state index contributed by atoms with van der Waals surface area (Å²) in [5, 5.41) is 0. The lowest BCUT2D eigenvalue weighted by Crippen LogP contribution is -1.92. The van der Waals surface area contributed by atoms with Crippen LogP contribution in [0.15, 0.2) is 40.8 Å². The lowest BCUT2D eigenvalue weighted by molar-refractivity contribution is 0.505. The first kappa shape index (κ1) is 11.3. The smallest absolute Gasteiger partial charge is 0.192 e. The molecule has 1 aliphatic carbocycles. The lowest BCUT2D eigenvalue weighted by atomic mass is 9.95. The number of allylic oxidation sites excluding steroid dienone is 2. The number of rotatable bonds is 2. The lowest BCUT2D eigenvalue weighted by Gasteiger charge is -2.11. The molecular weight excluding hydrogens is 222 g/mol. The van der Waals surface area contributed by atoms with E-state index in [1.165, 1.54) is 18.4 Å². The van der Waals surface area contributed by atoms with E-state index in [1.807, 2.05) is 25.1 Å². The van der Waals surface area contributed by atoms with Crippen LogP contribution >= 0.6 is 0 Å². The molecule has 92 valence electrons. The predicted octanol–water partition coefficient (Wildman–Crippen LogP) is 4.61. The molecule has 0 bridgehead atoms. The van der Waals surface area contributed by atoms with E-state index in [0.717, 1.165) is 35.7 Å². The number of oxazole rings is 1. The zero-order chi connectivity index (χ0) is 12.4. The minimum Gasteiger partial charge on any atom is -0.441 e. The van der Waals surface area contributed by atoms with Gasteiger partial charge in [0.15, 0.2) is 11.7 Å². The van der Waals surface area contributed by atoms with Gasteiger partial charge in [-0.05, 0) is 31.3 Å². The highest BCUT2D eigenvalue weighted by molar-refractivity contribution is 5.76. The van der Waals surface area contributed by atoms with Gasteiger partial charge in [-0.15, -0.1) is 0 Å². The van der Waals surface area contributed by atoms with E-state index in [9.17, 15) is 0 Å². The molecule has 0 saturated heterocycles. The Hall–Kier alpha value is -1.83. The molecule has 0 amide bonds. The van der Waals surface area contributed by atoms with E-state index in [1.54, 1.807) is 0 Å². The van der Waals surface area contributed by atoms with Crippen molar-refractivity contribution in [3.63, 3.8) is 0 Å². The van der Waals surface area contributed by atoms with Crippen LogP contribution in [0.4, 0.5) is 0 Å². The van der Waals surface area contributed by atoms with Crippen LogP contribution in [0.2, 0.25) is 0 Å². The molecule has 1 aliphatic rings. The van der Waals surface area contributed by atoms with Gasteiger partial charge in [0.25, 0.3) is 0 Å². The first-order valence-corrected chi connectivity index (χ1v) is 6.57. The van der Waals surface area contributed by atoms with Crippen LogP contribution in [0.3, 0.4) is 0 Å². The standard InChI is InChI=1S/C16H17NO/c1-12-17-15(13-8-4-2-5-9-13)16(18-12)14-10-6-3-7-11-14/h2,4-5,8-10H,3,6-7,11H2,1H3. The first-order chi connectivity index (χ1) is 8.84. The van der Waals surface area contributed by atoms with Gasteiger partial charge >= 0.3 is 0 Å². The molecule has 3 rings (SSSR count). The Bertz CT molecular complexity index is 566. The van der Waals surface area contributed by atoms with Gasteiger partial charge in [0, 0.05) is 12.5 Å². The van der Waals surface area contributed by atoms with Crippen molar-refractivity contribution in [2.75, 3.05) is 0 Å². The third-order valence-corrected chi connectivity index (χ3v) is 3.36. The van der Waals surface area contributed by atoms with Crippen molar-refractivity contribution in [3.8, 4) is 11.3 Å². The second-order valence-corrected chi connectivity index (χ2v) is 4.75. The maximum atomic E-state index is 5.83. The van der Waals surface area contributed by atoms with Gasteiger partial charge in [0.05, 0.1) is 0 Å². The number of benzene rings is 1. The van der Waals surface area contributed by atoms with Crippen LogP contribution in [-0.2, 0) is 0 Å². The molecule has 0 unspecified atom stereocenters. The first-order valence-electron chi connectivity index (χ1n) is 6.57. The van der Waals surface area contributed by atoms with Gasteiger partial charge in [-0.1, -0.05) is 36.4 Å². The molecule has 2 heteroatoms. The average molecular weight is 239 g/mol. The predicted molar refractivity (Wildman–Crippen MR) is 73.1 cm³/mol. The summed E-state index contributed by atoms with van der Waals surface area (Å²) in [4.78, 5) is 4.55. The summed E-state index contributed by atoms with van der Waals surface area (Å²) in [7, 11) is 0. The van der Waals surface area contributed by atoms with E-state index in [2.05, 4.69) is 23.2 Å². The van der Waals surface area contributed by atoms with Crippen LogP contribution in [0.25, 0.3) is 16.8 Å². The molecule has 2 aromatic rings. The highest BCUT2D eigenvalue weighted by Gasteiger charge is 2.18. The van der Waals surface area contributed by atoms with Crippen molar-refractivity contribution in [1.82, 2.24) is 4.98 Å². The fourth-order valence-corrected chi connectivity index (χ4v) is 2.48. The largest absolute Gasteiger partial charge is 0.441 e. The molecule has 0 atom stereocenters. The van der Waals surface area contributed by atoms with Crippen LogP contribution < -0.4 is 0 Å². The molecule has 1 heterocycles. The topological polar surface area (TPSA) is 26.0 Å². The molecule has 0 spiro atoms. The van der Waals surface area contributed by atoms with Gasteiger partial charge in [-0.2, -0.15) is 0 Å². The quantitative estimate of drug-likeness (QED) is 0.765. The second kappa shape index (κ2) is 4.81. The van der Waals surface area contributed by atoms with E-state index in [4.69, 9.17) is 4.42 Å². The van der Waals surface area contributed by atoms with E-state index in [0.29, 0.717) is 0 Å². The summed E-state index contributed by atoms with van der Waals surface area (Å²) in [5.74, 6) is 1.72. The number of hydrogen-bond donors (Lipinski definition) is 0. The number of aryl methyl sites for hydroxylation is 1. The normalized spacial score (nSPS) is 15.5. The Kier molecular flexibility index (Phi) is 3.01. The van der Waals surface area contributed by atoms with Crippen LogP contribution in [0.1, 0.15) is 37.3 Å². The summed E-state index contributed by atoms with van der Waals surface area (Å²) < 4.78 is 5.83. The van der Waals surface area contributed by atoms with Gasteiger partial charge in [0.2, 0.25) is 0 Å². The maximum absolute atomic E-state index is 5.83. The van der Waals surface area contributed by atoms with E-state index in [-0.39, 0.29) is 0 Å². The zero-order valence-electron chi connectivity index (χ0n) is 10.6. The highest BCUT2D eigenvalue weighted by Crippen LogP contribution is 2.34. The minimum atomic E-state index is 0.746. The van der Waals surface area contributed by atoms with E-state index < -0.39 is 0 Å². The monoisotopic (exact) mass is 239 g/mol. The number of hydrogen-bond acceptors (Lipinski definition) is 2. The van der Waals surface area contributed by atoms with Crippen molar-refractivity contribution in [2.45, 2.75) is 32.6 Å². The molecule has 0 radical (unpaired) electrons. The summed E-state index contributed by atoms with van der Waals surface area (Å²) in [5.41, 5.74) is 3.44. The zero-order valence-corrected chi connectivity index (χ0v) is 10.6. The highest BCUT2D eigenvalue weighted by atomic mass is 16.4. The molecule has 2 nitrogen and oxygen atoms in total. The van der Waals surface area contributed by atoms with Gasteiger partial charge in [-0.25, -0.2) is 4.98 Å². The third-order valence-electron chi connectivity index (χ3n) is 3.36. The van der Waals surface area contributed by atoms with Crippen molar-refractivity contribution in [3.05, 3.63) is 48.1 Å². The van der Waals surface area contributed by atoms with Crippen LogP contribution in [0.5, 0.6) is 0 Å². The van der Waals surface area contributed by atoms with Gasteiger partial charge < -0.3 is 4.42 Å². The van der Waals surface area contributed by atoms with Crippen LogP contribution in [-0.4, -0.2) is 4.98 Å².